The Morgan fingerprint density at radius 3 is 2.38 bits per heavy atom. The van der Waals surface area contributed by atoms with Crippen molar-refractivity contribution in [3.8, 4) is 0 Å². The molecule has 0 aromatic heterocycles. The third-order valence-corrected chi connectivity index (χ3v) is 0.441. The van der Waals surface area contributed by atoms with Crippen molar-refractivity contribution in [2.24, 2.45) is 11.7 Å². The quantitative estimate of drug-likeness (QED) is 0.157. The van der Waals surface area contributed by atoms with Crippen LogP contribution in [0.1, 0.15) is 0 Å². The van der Waals surface area contributed by atoms with Gasteiger partial charge in [-0.15, -0.1) is 0 Å². The van der Waals surface area contributed by atoms with Crippen LogP contribution in [0.5, 0.6) is 0 Å². The molecule has 0 rings (SSSR count). The van der Waals surface area contributed by atoms with E-state index in [9.17, 15) is 9.59 Å². The fourth-order valence-corrected chi connectivity index (χ4v) is 0.111. The first-order chi connectivity index (χ1) is 3.72. The van der Waals surface area contributed by atoms with Crippen LogP contribution in [-0.4, -0.2) is 17.5 Å². The molecule has 0 aliphatic rings. The van der Waals surface area contributed by atoms with Crippen molar-refractivity contribution in [1.29, 1.82) is 0 Å². The molecule has 0 aliphatic carbocycles. The Labute approximate surface area is 45.4 Å². The average molecular weight is 117 g/mol. The number of hydrazine groups is 2. The maximum absolute atomic E-state index is 10.0. The van der Waals surface area contributed by atoms with Crippen LogP contribution >= 0.6 is 0 Å². The van der Waals surface area contributed by atoms with Gasteiger partial charge in [-0.3, -0.25) is 10.2 Å². The third kappa shape index (κ3) is 1.54. The largest absolute Gasteiger partial charge is 0.353 e. The van der Waals surface area contributed by atoms with Crippen LogP contribution in [-0.2, 0) is 4.79 Å². The summed E-state index contributed by atoms with van der Waals surface area (Å²) in [5, 5.41) is 0.167. The van der Waals surface area contributed by atoms with Gasteiger partial charge >= 0.3 is 12.4 Å². The fraction of sp³-hybridized carbons (Fsp3) is 0. The Hall–Kier alpha value is -1.14. The van der Waals surface area contributed by atoms with Crippen LogP contribution in [0.3, 0.4) is 0 Å². The molecule has 0 unspecified atom stereocenters. The highest BCUT2D eigenvalue weighted by Gasteiger charge is 2.03. The number of imide groups is 1. The predicted molar refractivity (Wildman–Crippen MR) is 24.4 cm³/mol. The topological polar surface area (TPSA) is 101 Å². The molecule has 0 atom stereocenters. The van der Waals surface area contributed by atoms with Gasteiger partial charge in [0.1, 0.15) is 0 Å². The van der Waals surface area contributed by atoms with Crippen LogP contribution in [0.4, 0.5) is 4.79 Å². The minimum Gasteiger partial charge on any atom is -0.274 e. The molecule has 0 spiro atoms. The standard InChI is InChI=1S/C2H5N4O2/c3-5-2(8)6(4)1-7/h3-4H2,(H,5,8). The normalized spacial score (nSPS) is 7.75. The zero-order valence-corrected chi connectivity index (χ0v) is 3.92. The van der Waals surface area contributed by atoms with Crippen LogP contribution in [0.2, 0.25) is 0 Å². The van der Waals surface area contributed by atoms with Crippen LogP contribution in [0.15, 0.2) is 0 Å². The van der Waals surface area contributed by atoms with E-state index in [1.54, 1.807) is 5.43 Å². The number of rotatable bonds is 1. The lowest BCUT2D eigenvalue weighted by Crippen LogP contribution is -2.46. The van der Waals surface area contributed by atoms with Gasteiger partial charge in [-0.1, -0.05) is 0 Å². The minimum absolute atomic E-state index is 0.167. The first-order valence-corrected chi connectivity index (χ1v) is 1.65. The molecule has 45 valence electrons. The van der Waals surface area contributed by atoms with Gasteiger partial charge in [0, 0.05) is 0 Å². The molecule has 0 bridgehead atoms. The summed E-state index contributed by atoms with van der Waals surface area (Å²) in [7, 11) is 0. The van der Waals surface area contributed by atoms with Gasteiger partial charge in [0.25, 0.3) is 0 Å². The number of nitrogens with one attached hydrogen (secondary N) is 1. The van der Waals surface area contributed by atoms with E-state index in [4.69, 9.17) is 0 Å². The number of amides is 3. The van der Waals surface area contributed by atoms with Gasteiger partial charge in [-0.25, -0.2) is 16.5 Å². The number of urea groups is 1. The summed E-state index contributed by atoms with van der Waals surface area (Å²) in [5.74, 6) is 9.19. The van der Waals surface area contributed by atoms with Gasteiger partial charge in [-0.05, 0) is 0 Å². The smallest absolute Gasteiger partial charge is 0.274 e. The Balaban J connectivity index is 3.62. The maximum atomic E-state index is 10.0. The summed E-state index contributed by atoms with van der Waals surface area (Å²) in [4.78, 5) is 19.5. The highest BCUT2D eigenvalue weighted by molar-refractivity contribution is 5.83. The highest BCUT2D eigenvalue weighted by Crippen LogP contribution is 1.66. The number of hydrogen-bond donors (Lipinski definition) is 3. The second-order valence-electron chi connectivity index (χ2n) is 0.911. The zero-order valence-electron chi connectivity index (χ0n) is 3.92. The van der Waals surface area contributed by atoms with Crippen LogP contribution < -0.4 is 17.1 Å². The minimum atomic E-state index is -0.903. The van der Waals surface area contributed by atoms with Crippen molar-refractivity contribution < 1.29 is 9.59 Å². The van der Waals surface area contributed by atoms with E-state index in [0.717, 1.165) is 6.41 Å². The highest BCUT2D eigenvalue weighted by atomic mass is 16.2. The van der Waals surface area contributed by atoms with E-state index in [0.29, 0.717) is 0 Å². The predicted octanol–water partition coefficient (Wildman–Crippen LogP) is -2.19. The lowest BCUT2D eigenvalue weighted by atomic mass is 11.0. The Morgan fingerprint density at radius 1 is 1.75 bits per heavy atom. The number of carbonyl (C=O) groups is 1. The van der Waals surface area contributed by atoms with Crippen LogP contribution in [0, 0.1) is 0 Å². The van der Waals surface area contributed by atoms with E-state index in [1.165, 1.54) is 0 Å². The monoisotopic (exact) mass is 117 g/mol. The van der Waals surface area contributed by atoms with Gasteiger partial charge < -0.3 is 0 Å². The number of nitrogens with zero attached hydrogens (tertiary/aromatic N) is 1. The maximum Gasteiger partial charge on any atom is 0.353 e. The number of hydrogen-bond acceptors (Lipinski definition) is 4. The molecular weight excluding hydrogens is 112 g/mol. The molecule has 1 radical (unpaired) electrons. The zero-order chi connectivity index (χ0) is 6.57. The van der Waals surface area contributed by atoms with Gasteiger partial charge in [0.2, 0.25) is 0 Å². The molecule has 0 saturated heterocycles. The average Bonchev–Trinajstić information content (AvgIpc) is 1.84. The number of carbonyl (C=O) groups excluding carboxylic acids is 2. The molecule has 0 fully saturated rings. The lowest BCUT2D eigenvalue weighted by Gasteiger charge is -2.02. The van der Waals surface area contributed by atoms with E-state index >= 15 is 0 Å². The van der Waals surface area contributed by atoms with Gasteiger partial charge in [0.05, 0.1) is 0 Å². The van der Waals surface area contributed by atoms with Crippen molar-refractivity contribution in [3.05, 3.63) is 0 Å². The first-order valence-electron chi connectivity index (χ1n) is 1.65. The molecule has 0 aromatic carbocycles. The molecular formula is C2H5N4O2. The molecule has 3 amide bonds. The number of nitrogens with two attached hydrogens (primary N) is 2. The second-order valence-corrected chi connectivity index (χ2v) is 0.911. The summed E-state index contributed by atoms with van der Waals surface area (Å²) >= 11 is 0. The molecule has 5 N–H and O–H groups in total. The Kier molecular flexibility index (Phi) is 2.52. The molecule has 6 nitrogen and oxygen atoms in total. The van der Waals surface area contributed by atoms with Crippen molar-refractivity contribution in [2.75, 3.05) is 0 Å². The second kappa shape index (κ2) is 2.94. The molecule has 6 heteroatoms. The van der Waals surface area contributed by atoms with Crippen molar-refractivity contribution in [2.45, 2.75) is 0 Å². The van der Waals surface area contributed by atoms with E-state index in [-0.39, 0.29) is 5.01 Å². The van der Waals surface area contributed by atoms with E-state index in [1.807, 2.05) is 0 Å². The summed E-state index contributed by atoms with van der Waals surface area (Å²) in [6.07, 6.45) is 1.08. The Morgan fingerprint density at radius 2 is 2.25 bits per heavy atom. The van der Waals surface area contributed by atoms with Crippen molar-refractivity contribution in [1.82, 2.24) is 10.4 Å². The summed E-state index contributed by atoms with van der Waals surface area (Å²) < 4.78 is 0. The fourth-order valence-electron chi connectivity index (χ4n) is 0.111. The van der Waals surface area contributed by atoms with Crippen molar-refractivity contribution in [3.63, 3.8) is 0 Å². The molecule has 0 heterocycles. The Bertz CT molecular complexity index is 102. The molecule has 0 aliphatic heterocycles. The summed E-state index contributed by atoms with van der Waals surface area (Å²) in [6, 6.07) is -0.903. The van der Waals surface area contributed by atoms with Crippen LogP contribution in [0.25, 0.3) is 0 Å². The lowest BCUT2D eigenvalue weighted by molar-refractivity contribution is 0.220. The van der Waals surface area contributed by atoms with Gasteiger partial charge in [0.15, 0.2) is 0 Å². The molecule has 8 heavy (non-hydrogen) atoms. The van der Waals surface area contributed by atoms with Gasteiger partial charge in [-0.2, -0.15) is 5.01 Å². The summed E-state index contributed by atoms with van der Waals surface area (Å²) in [5.41, 5.74) is 1.62. The third-order valence-electron chi connectivity index (χ3n) is 0.441. The SMILES string of the molecule is NNC(=O)N(N)[C]=O. The molecule has 0 saturated carbocycles. The first kappa shape index (κ1) is 6.86. The van der Waals surface area contributed by atoms with E-state index in [2.05, 4.69) is 11.7 Å². The van der Waals surface area contributed by atoms with Crippen molar-refractivity contribution >= 4 is 12.4 Å². The van der Waals surface area contributed by atoms with E-state index < -0.39 is 6.03 Å². The molecule has 0 aromatic rings. The summed E-state index contributed by atoms with van der Waals surface area (Å²) in [6.45, 7) is 0.